The van der Waals surface area contributed by atoms with E-state index in [4.69, 9.17) is 0 Å². The third kappa shape index (κ3) is 4.73. The van der Waals surface area contributed by atoms with E-state index in [9.17, 15) is 17.6 Å². The van der Waals surface area contributed by atoms with Crippen LogP contribution in [0.3, 0.4) is 0 Å². The van der Waals surface area contributed by atoms with Gasteiger partial charge in [0.05, 0.1) is 17.9 Å². The Labute approximate surface area is 177 Å². The summed E-state index contributed by atoms with van der Waals surface area (Å²) in [4.78, 5) is 12.6. The number of anilines is 1. The number of aryl methyl sites for hydroxylation is 3. The van der Waals surface area contributed by atoms with Crippen LogP contribution in [0.5, 0.6) is 0 Å². The number of benzene rings is 1. The first-order chi connectivity index (χ1) is 14.1. The molecule has 30 heavy (non-hydrogen) atoms. The smallest absolute Gasteiger partial charge is 0.246 e. The normalized spacial score (nSPS) is 16.0. The molecule has 0 atom stereocenters. The number of halogens is 1. The molecule has 3 rings (SSSR count). The van der Waals surface area contributed by atoms with E-state index in [-0.39, 0.29) is 29.6 Å². The summed E-state index contributed by atoms with van der Waals surface area (Å²) in [6.07, 6.45) is 1.84. The number of nitrogens with zero attached hydrogens (tertiary/aromatic N) is 3. The number of aromatic nitrogens is 2. The van der Waals surface area contributed by atoms with Gasteiger partial charge in [0.2, 0.25) is 15.9 Å². The van der Waals surface area contributed by atoms with E-state index in [1.165, 1.54) is 18.2 Å². The van der Waals surface area contributed by atoms with E-state index in [0.717, 1.165) is 12.8 Å². The van der Waals surface area contributed by atoms with Crippen LogP contribution >= 0.6 is 0 Å². The van der Waals surface area contributed by atoms with Crippen LogP contribution in [0, 0.1) is 32.5 Å². The fourth-order valence-corrected chi connectivity index (χ4v) is 5.66. The Morgan fingerprint density at radius 1 is 1.23 bits per heavy atom. The molecule has 9 heteroatoms. The van der Waals surface area contributed by atoms with E-state index in [0.29, 0.717) is 41.6 Å². The van der Waals surface area contributed by atoms with Crippen molar-refractivity contribution < 1.29 is 17.6 Å². The van der Waals surface area contributed by atoms with Gasteiger partial charge in [-0.25, -0.2) is 12.8 Å². The van der Waals surface area contributed by atoms with Gasteiger partial charge < -0.3 is 5.32 Å². The quantitative estimate of drug-likeness (QED) is 0.752. The fraction of sp³-hybridized carbons (Fsp3) is 0.524. The van der Waals surface area contributed by atoms with E-state index in [1.807, 2.05) is 0 Å². The molecule has 0 saturated carbocycles. The molecule has 1 aliphatic rings. The third-order valence-electron chi connectivity index (χ3n) is 5.67. The number of piperidine rings is 1. The zero-order valence-corrected chi connectivity index (χ0v) is 18.7. The van der Waals surface area contributed by atoms with Crippen molar-refractivity contribution in [3.8, 4) is 0 Å². The monoisotopic (exact) mass is 436 g/mol. The molecular weight excluding hydrogens is 407 g/mol. The summed E-state index contributed by atoms with van der Waals surface area (Å²) in [5, 5.41) is 7.14. The Kier molecular flexibility index (Phi) is 6.62. The molecule has 1 fully saturated rings. The second-order valence-electron chi connectivity index (χ2n) is 8.07. The number of sulfonamides is 1. The number of carbonyl (C=O) groups is 1. The van der Waals surface area contributed by atoms with E-state index in [2.05, 4.69) is 17.3 Å². The van der Waals surface area contributed by atoms with Gasteiger partial charge >= 0.3 is 0 Å². The number of nitrogens with one attached hydrogen (secondary N) is 1. The maximum atomic E-state index is 13.2. The lowest BCUT2D eigenvalue weighted by Crippen LogP contribution is -2.38. The fourth-order valence-electron chi connectivity index (χ4n) is 3.81. The lowest BCUT2D eigenvalue weighted by Gasteiger charge is -2.29. The van der Waals surface area contributed by atoms with E-state index >= 15 is 0 Å². The van der Waals surface area contributed by atoms with Crippen molar-refractivity contribution in [2.75, 3.05) is 18.4 Å². The van der Waals surface area contributed by atoms with Crippen molar-refractivity contribution in [2.45, 2.75) is 58.4 Å². The Bertz CT molecular complexity index is 1040. The molecule has 0 bridgehead atoms. The topological polar surface area (TPSA) is 84.3 Å². The van der Waals surface area contributed by atoms with Crippen LogP contribution in [-0.2, 0) is 21.4 Å². The van der Waals surface area contributed by atoms with Gasteiger partial charge in [0.1, 0.15) is 10.7 Å². The number of rotatable bonds is 6. The van der Waals surface area contributed by atoms with Crippen LogP contribution in [0.1, 0.15) is 43.1 Å². The molecule has 1 saturated heterocycles. The summed E-state index contributed by atoms with van der Waals surface area (Å²) >= 11 is 0. The van der Waals surface area contributed by atoms with Crippen LogP contribution in [0.15, 0.2) is 23.1 Å². The molecule has 2 aromatic rings. The zero-order valence-electron chi connectivity index (χ0n) is 17.9. The average molecular weight is 437 g/mol. The minimum absolute atomic E-state index is 0.124. The molecule has 1 N–H and O–H groups in total. The highest BCUT2D eigenvalue weighted by Crippen LogP contribution is 2.27. The standard InChI is InChI=1S/C21H29FN4O3S/c1-14-7-10-25(11-8-14)30(28,29)21-16(3)24-26(17(21)4)12-9-20(27)23-19-6-5-18(22)13-15(19)2/h5-6,13-14H,7-12H2,1-4H3,(H,23,27). The van der Waals surface area contributed by atoms with Gasteiger partial charge in [-0.3, -0.25) is 9.48 Å². The van der Waals surface area contributed by atoms with Gasteiger partial charge in [0.15, 0.2) is 0 Å². The lowest BCUT2D eigenvalue weighted by molar-refractivity contribution is -0.116. The summed E-state index contributed by atoms with van der Waals surface area (Å²) in [5.74, 6) is -0.0682. The first kappa shape index (κ1) is 22.4. The second-order valence-corrected chi connectivity index (χ2v) is 9.94. The van der Waals surface area contributed by atoms with Crippen LogP contribution in [0.25, 0.3) is 0 Å². The summed E-state index contributed by atoms with van der Waals surface area (Å²) in [6, 6.07) is 4.17. The van der Waals surface area contributed by atoms with Gasteiger partial charge in [-0.05, 0) is 63.3 Å². The van der Waals surface area contributed by atoms with Crippen molar-refractivity contribution in [3.63, 3.8) is 0 Å². The van der Waals surface area contributed by atoms with Crippen molar-refractivity contribution in [1.29, 1.82) is 0 Å². The van der Waals surface area contributed by atoms with Gasteiger partial charge in [0.25, 0.3) is 0 Å². The van der Waals surface area contributed by atoms with Crippen molar-refractivity contribution >= 4 is 21.6 Å². The summed E-state index contributed by atoms with van der Waals surface area (Å²) < 4.78 is 42.6. The van der Waals surface area contributed by atoms with Crippen molar-refractivity contribution in [2.24, 2.45) is 5.92 Å². The molecule has 2 heterocycles. The summed E-state index contributed by atoms with van der Waals surface area (Å²) in [7, 11) is -3.61. The Hall–Kier alpha value is -2.26. The highest BCUT2D eigenvalue weighted by atomic mass is 32.2. The van der Waals surface area contributed by atoms with Gasteiger partial charge in [-0.15, -0.1) is 0 Å². The Morgan fingerprint density at radius 2 is 1.90 bits per heavy atom. The largest absolute Gasteiger partial charge is 0.326 e. The lowest BCUT2D eigenvalue weighted by atomic mass is 10.0. The van der Waals surface area contributed by atoms with Crippen LogP contribution in [0.4, 0.5) is 10.1 Å². The average Bonchev–Trinajstić information content (AvgIpc) is 2.96. The number of amides is 1. The molecule has 1 aliphatic heterocycles. The molecule has 164 valence electrons. The molecule has 1 amide bonds. The highest BCUT2D eigenvalue weighted by Gasteiger charge is 2.33. The summed E-state index contributed by atoms with van der Waals surface area (Å²) in [6.45, 7) is 8.56. The molecule has 0 radical (unpaired) electrons. The minimum atomic E-state index is -3.61. The van der Waals surface area contributed by atoms with Gasteiger partial charge in [-0.2, -0.15) is 9.40 Å². The molecule has 0 unspecified atom stereocenters. The van der Waals surface area contributed by atoms with E-state index in [1.54, 1.807) is 29.8 Å². The van der Waals surface area contributed by atoms with Crippen LogP contribution in [-0.4, -0.2) is 41.5 Å². The van der Waals surface area contributed by atoms with E-state index < -0.39 is 10.0 Å². The van der Waals surface area contributed by atoms with Gasteiger partial charge in [0, 0.05) is 25.2 Å². The third-order valence-corrected chi connectivity index (χ3v) is 7.82. The molecule has 7 nitrogen and oxygen atoms in total. The van der Waals surface area contributed by atoms with Crippen LogP contribution < -0.4 is 5.32 Å². The Morgan fingerprint density at radius 3 is 2.53 bits per heavy atom. The first-order valence-corrected chi connectivity index (χ1v) is 11.6. The highest BCUT2D eigenvalue weighted by molar-refractivity contribution is 7.89. The second kappa shape index (κ2) is 8.85. The SMILES string of the molecule is Cc1cc(F)ccc1NC(=O)CCn1nc(C)c(S(=O)(=O)N2CCC(C)CC2)c1C. The minimum Gasteiger partial charge on any atom is -0.326 e. The zero-order chi connectivity index (χ0) is 22.1. The predicted octanol–water partition coefficient (Wildman–Crippen LogP) is 3.40. The number of hydrogen-bond donors (Lipinski definition) is 1. The molecule has 1 aromatic heterocycles. The Balaban J connectivity index is 1.70. The molecule has 0 aliphatic carbocycles. The van der Waals surface area contributed by atoms with Crippen molar-refractivity contribution in [1.82, 2.24) is 14.1 Å². The first-order valence-electron chi connectivity index (χ1n) is 10.2. The molecule has 1 aromatic carbocycles. The number of hydrogen-bond acceptors (Lipinski definition) is 4. The maximum absolute atomic E-state index is 13.2. The molecular formula is C21H29FN4O3S. The number of carbonyl (C=O) groups excluding carboxylic acids is 1. The maximum Gasteiger partial charge on any atom is 0.246 e. The predicted molar refractivity (Wildman–Crippen MR) is 113 cm³/mol. The molecule has 0 spiro atoms. The van der Waals surface area contributed by atoms with Crippen molar-refractivity contribution in [3.05, 3.63) is 41.0 Å². The van der Waals surface area contributed by atoms with Gasteiger partial charge in [-0.1, -0.05) is 6.92 Å². The summed E-state index contributed by atoms with van der Waals surface area (Å²) in [5.41, 5.74) is 2.17. The van der Waals surface area contributed by atoms with Crippen LogP contribution in [0.2, 0.25) is 0 Å².